The van der Waals surface area contributed by atoms with Gasteiger partial charge in [-0.25, -0.2) is 9.78 Å². The van der Waals surface area contributed by atoms with Crippen LogP contribution in [0.4, 0.5) is 9.93 Å². The smallest absolute Gasteiger partial charge is 0.325 e. The van der Waals surface area contributed by atoms with Crippen LogP contribution in [0.5, 0.6) is 5.75 Å². The fraction of sp³-hybridized carbons (Fsp3) is 0.217. The number of thiazole rings is 1. The second kappa shape index (κ2) is 8.43. The van der Waals surface area contributed by atoms with Crippen molar-refractivity contribution in [3.8, 4) is 17.0 Å². The van der Waals surface area contributed by atoms with Crippen molar-refractivity contribution >= 4 is 34.3 Å². The lowest BCUT2D eigenvalue weighted by molar-refractivity contribution is -0.133. The van der Waals surface area contributed by atoms with Crippen LogP contribution in [0.2, 0.25) is 0 Å². The number of methoxy groups -OCH3 is 1. The van der Waals surface area contributed by atoms with E-state index in [4.69, 9.17) is 4.74 Å². The topological polar surface area (TPSA) is 101 Å². The number of carbonyl (C=O) groups is 3. The fourth-order valence-electron chi connectivity index (χ4n) is 3.59. The Labute approximate surface area is 189 Å². The predicted molar refractivity (Wildman–Crippen MR) is 122 cm³/mol. The van der Waals surface area contributed by atoms with E-state index in [1.165, 1.54) is 11.3 Å². The zero-order valence-electron chi connectivity index (χ0n) is 17.8. The molecule has 1 fully saturated rings. The molecule has 1 atom stereocenters. The van der Waals surface area contributed by atoms with Crippen LogP contribution in [0.1, 0.15) is 18.1 Å². The lowest BCUT2D eigenvalue weighted by Crippen LogP contribution is -2.42. The fourth-order valence-corrected chi connectivity index (χ4v) is 4.31. The van der Waals surface area contributed by atoms with Crippen LogP contribution < -0.4 is 15.4 Å². The lowest BCUT2D eigenvalue weighted by Gasteiger charge is -2.21. The molecule has 9 heteroatoms. The van der Waals surface area contributed by atoms with Gasteiger partial charge in [-0.3, -0.25) is 14.5 Å². The minimum atomic E-state index is -1.21. The van der Waals surface area contributed by atoms with E-state index in [0.29, 0.717) is 22.1 Å². The van der Waals surface area contributed by atoms with E-state index in [1.807, 2.05) is 36.6 Å². The van der Waals surface area contributed by atoms with Crippen molar-refractivity contribution in [1.29, 1.82) is 0 Å². The average molecular weight is 451 g/mol. The molecule has 0 bridgehead atoms. The van der Waals surface area contributed by atoms with E-state index in [1.54, 1.807) is 38.3 Å². The molecule has 1 saturated heterocycles. The van der Waals surface area contributed by atoms with Crippen molar-refractivity contribution in [3.63, 3.8) is 0 Å². The molecule has 1 aromatic heterocycles. The van der Waals surface area contributed by atoms with Crippen molar-refractivity contribution in [3.05, 3.63) is 65.0 Å². The molecule has 0 spiro atoms. The number of amides is 4. The number of urea groups is 1. The van der Waals surface area contributed by atoms with E-state index in [-0.39, 0.29) is 0 Å². The highest BCUT2D eigenvalue weighted by atomic mass is 32.1. The van der Waals surface area contributed by atoms with Gasteiger partial charge in [-0.1, -0.05) is 42.0 Å². The number of imide groups is 1. The molecule has 4 amide bonds. The highest BCUT2D eigenvalue weighted by Gasteiger charge is 2.49. The average Bonchev–Trinajstić information content (AvgIpc) is 3.33. The summed E-state index contributed by atoms with van der Waals surface area (Å²) >= 11 is 1.25. The second-order valence-corrected chi connectivity index (χ2v) is 8.46. The molecule has 0 aliphatic carbocycles. The normalized spacial score (nSPS) is 17.9. The zero-order valence-corrected chi connectivity index (χ0v) is 18.7. The van der Waals surface area contributed by atoms with Crippen molar-refractivity contribution in [2.45, 2.75) is 19.4 Å². The van der Waals surface area contributed by atoms with E-state index in [2.05, 4.69) is 15.6 Å². The molecular formula is C23H22N4O4S. The van der Waals surface area contributed by atoms with Gasteiger partial charge >= 0.3 is 6.03 Å². The van der Waals surface area contributed by atoms with E-state index >= 15 is 0 Å². The molecule has 164 valence electrons. The number of nitrogens with one attached hydrogen (secondary N) is 2. The molecule has 2 aromatic carbocycles. The van der Waals surface area contributed by atoms with Gasteiger partial charge in [0.2, 0.25) is 5.91 Å². The maximum atomic E-state index is 13.0. The Morgan fingerprint density at radius 2 is 1.97 bits per heavy atom. The molecule has 8 nitrogen and oxygen atoms in total. The first-order valence-electron chi connectivity index (χ1n) is 9.92. The zero-order chi connectivity index (χ0) is 22.9. The Morgan fingerprint density at radius 1 is 1.22 bits per heavy atom. The number of benzene rings is 2. The molecule has 2 heterocycles. The van der Waals surface area contributed by atoms with Gasteiger partial charge < -0.3 is 15.4 Å². The summed E-state index contributed by atoms with van der Waals surface area (Å²) in [6.07, 6.45) is 0. The molecule has 2 N–H and O–H groups in total. The number of hydrogen-bond acceptors (Lipinski definition) is 6. The summed E-state index contributed by atoms with van der Waals surface area (Å²) < 4.78 is 5.40. The third kappa shape index (κ3) is 3.94. The molecule has 4 rings (SSSR count). The van der Waals surface area contributed by atoms with Crippen molar-refractivity contribution < 1.29 is 19.1 Å². The van der Waals surface area contributed by atoms with Crippen LogP contribution in [0, 0.1) is 6.92 Å². The number of aryl methyl sites for hydroxylation is 1. The van der Waals surface area contributed by atoms with E-state index in [9.17, 15) is 14.4 Å². The third-order valence-electron chi connectivity index (χ3n) is 5.31. The van der Waals surface area contributed by atoms with Crippen LogP contribution in [0.3, 0.4) is 0 Å². The number of anilines is 1. The summed E-state index contributed by atoms with van der Waals surface area (Å²) in [6.45, 7) is 3.19. The molecule has 0 radical (unpaired) electrons. The van der Waals surface area contributed by atoms with Crippen molar-refractivity contribution in [1.82, 2.24) is 15.2 Å². The number of carbonyl (C=O) groups excluding carboxylic acids is 3. The first-order chi connectivity index (χ1) is 15.3. The Hall–Kier alpha value is -3.72. The van der Waals surface area contributed by atoms with E-state index in [0.717, 1.165) is 16.0 Å². The third-order valence-corrected chi connectivity index (χ3v) is 6.07. The van der Waals surface area contributed by atoms with Gasteiger partial charge in [0.05, 0.1) is 12.8 Å². The van der Waals surface area contributed by atoms with Crippen LogP contribution in [0.15, 0.2) is 53.9 Å². The Kier molecular flexibility index (Phi) is 5.67. The summed E-state index contributed by atoms with van der Waals surface area (Å²) in [7, 11) is 1.59. The molecule has 32 heavy (non-hydrogen) atoms. The summed E-state index contributed by atoms with van der Waals surface area (Å²) in [5.74, 6) is -0.311. The summed E-state index contributed by atoms with van der Waals surface area (Å²) in [5, 5.41) is 7.54. The van der Waals surface area contributed by atoms with Crippen LogP contribution in [0.25, 0.3) is 11.3 Å². The predicted octanol–water partition coefficient (Wildman–Crippen LogP) is 3.53. The van der Waals surface area contributed by atoms with Crippen molar-refractivity contribution in [2.24, 2.45) is 0 Å². The highest BCUT2D eigenvalue weighted by Crippen LogP contribution is 2.33. The van der Waals surface area contributed by atoms with Gasteiger partial charge in [-0.2, -0.15) is 0 Å². The standard InChI is InChI=1S/C23H22N4O4S/c1-14-9-10-18(31-3)16(11-14)17-13-32-21(24-17)25-19(28)12-27-20(29)23(2,26-22(27)30)15-7-5-4-6-8-15/h4-11,13H,12H2,1-3H3,(H,26,30)(H,24,25,28). The summed E-state index contributed by atoms with van der Waals surface area (Å²) in [6, 6.07) is 14.1. The molecule has 1 unspecified atom stereocenters. The molecule has 1 aliphatic heterocycles. The van der Waals surface area contributed by atoms with Crippen LogP contribution >= 0.6 is 11.3 Å². The first-order valence-corrected chi connectivity index (χ1v) is 10.8. The summed E-state index contributed by atoms with van der Waals surface area (Å²) in [4.78, 5) is 43.4. The van der Waals surface area contributed by atoms with Gasteiger partial charge in [0.15, 0.2) is 5.13 Å². The Morgan fingerprint density at radius 3 is 2.69 bits per heavy atom. The SMILES string of the molecule is COc1ccc(C)cc1-c1csc(NC(=O)CN2C(=O)NC(C)(c3ccccc3)C2=O)n1. The Bertz CT molecular complexity index is 1190. The minimum Gasteiger partial charge on any atom is -0.496 e. The first kappa shape index (κ1) is 21.5. The van der Waals surface area contributed by atoms with E-state index < -0.39 is 29.9 Å². The second-order valence-electron chi connectivity index (χ2n) is 7.60. The van der Waals surface area contributed by atoms with Gasteiger partial charge in [0, 0.05) is 10.9 Å². The summed E-state index contributed by atoms with van der Waals surface area (Å²) in [5.41, 5.74) is 1.97. The number of hydrogen-bond donors (Lipinski definition) is 2. The molecule has 0 saturated carbocycles. The van der Waals surface area contributed by atoms with Gasteiger partial charge in [-0.15, -0.1) is 11.3 Å². The maximum absolute atomic E-state index is 13.0. The molecular weight excluding hydrogens is 428 g/mol. The lowest BCUT2D eigenvalue weighted by atomic mass is 9.92. The minimum absolute atomic E-state index is 0.367. The number of ether oxygens (including phenoxy) is 1. The molecule has 3 aromatic rings. The Balaban J connectivity index is 1.47. The van der Waals surface area contributed by atoms with Gasteiger partial charge in [0.25, 0.3) is 5.91 Å². The number of rotatable bonds is 6. The van der Waals surface area contributed by atoms with Gasteiger partial charge in [0.1, 0.15) is 17.8 Å². The maximum Gasteiger partial charge on any atom is 0.325 e. The van der Waals surface area contributed by atoms with Crippen LogP contribution in [-0.4, -0.2) is 41.4 Å². The monoisotopic (exact) mass is 450 g/mol. The largest absolute Gasteiger partial charge is 0.496 e. The highest BCUT2D eigenvalue weighted by molar-refractivity contribution is 7.14. The van der Waals surface area contributed by atoms with Crippen molar-refractivity contribution in [2.75, 3.05) is 19.0 Å². The quantitative estimate of drug-likeness (QED) is 0.560. The number of nitrogens with zero attached hydrogens (tertiary/aromatic N) is 2. The van der Waals surface area contributed by atoms with Gasteiger partial charge in [-0.05, 0) is 31.5 Å². The van der Waals surface area contributed by atoms with Crippen LogP contribution in [-0.2, 0) is 15.1 Å². The molecule has 1 aliphatic rings. The number of aromatic nitrogens is 1.